The predicted octanol–water partition coefficient (Wildman–Crippen LogP) is 1.56. The van der Waals surface area contributed by atoms with Gasteiger partial charge in [0.1, 0.15) is 5.75 Å². The van der Waals surface area contributed by atoms with Gasteiger partial charge in [-0.15, -0.1) is 0 Å². The number of sulfonamides is 1. The molecular formula is C22H32N4O5S. The van der Waals surface area contributed by atoms with Crippen molar-refractivity contribution in [3.63, 3.8) is 0 Å². The van der Waals surface area contributed by atoms with E-state index in [1.807, 2.05) is 36.7 Å². The summed E-state index contributed by atoms with van der Waals surface area (Å²) in [7, 11) is 0.203. The number of hydrogen-bond donors (Lipinski definition) is 2. The minimum absolute atomic E-state index is 0.0443. The number of hydrogen-bond acceptors (Lipinski definition) is 5. The summed E-state index contributed by atoms with van der Waals surface area (Å²) in [5.41, 5.74) is 2.28. The van der Waals surface area contributed by atoms with E-state index < -0.39 is 21.5 Å². The summed E-state index contributed by atoms with van der Waals surface area (Å²) in [6.45, 7) is 4.92. The van der Waals surface area contributed by atoms with Crippen LogP contribution in [0.1, 0.15) is 37.6 Å². The van der Waals surface area contributed by atoms with Gasteiger partial charge in [-0.3, -0.25) is 0 Å². The standard InChI is InChI=1S/C22H32N4O5S/c1-5-9-23-21(28)26-14-22(12-25(13-22)32(29,30)6-2)19-16-8-7-15(31-4)10-17(16)24(3)20(19)18(26)11-27/h7-8,10,18,27H,5-6,9,11-14H2,1-4H3,(H,23,28)/t18-/m0/s1. The Labute approximate surface area is 189 Å². The molecule has 10 heteroatoms. The maximum absolute atomic E-state index is 13.1. The van der Waals surface area contributed by atoms with Crippen LogP contribution in [0.25, 0.3) is 10.9 Å². The van der Waals surface area contributed by atoms with Crippen LogP contribution in [0.4, 0.5) is 4.79 Å². The quantitative estimate of drug-likeness (QED) is 0.675. The highest BCUT2D eigenvalue weighted by atomic mass is 32.2. The Morgan fingerprint density at radius 2 is 2.00 bits per heavy atom. The van der Waals surface area contributed by atoms with E-state index in [0.29, 0.717) is 31.9 Å². The molecule has 2 aromatic rings. The summed E-state index contributed by atoms with van der Waals surface area (Å²) >= 11 is 0. The van der Waals surface area contributed by atoms with E-state index in [9.17, 15) is 18.3 Å². The molecule has 176 valence electrons. The number of aliphatic hydroxyl groups is 1. The van der Waals surface area contributed by atoms with E-state index in [2.05, 4.69) is 5.32 Å². The van der Waals surface area contributed by atoms with Crippen molar-refractivity contribution in [2.45, 2.75) is 31.7 Å². The zero-order chi connectivity index (χ0) is 23.3. The molecule has 0 radical (unpaired) electrons. The molecule has 1 saturated heterocycles. The minimum Gasteiger partial charge on any atom is -0.497 e. The summed E-state index contributed by atoms with van der Waals surface area (Å²) in [5, 5.41) is 14.3. The van der Waals surface area contributed by atoms with Gasteiger partial charge < -0.3 is 24.6 Å². The molecule has 1 spiro atoms. The lowest BCUT2D eigenvalue weighted by atomic mass is 9.70. The molecule has 0 aliphatic carbocycles. The average Bonchev–Trinajstić information content (AvgIpc) is 3.07. The van der Waals surface area contributed by atoms with E-state index in [1.165, 1.54) is 4.31 Å². The highest BCUT2D eigenvalue weighted by Gasteiger charge is 2.56. The molecule has 2 aliphatic heterocycles. The van der Waals surface area contributed by atoms with Crippen LogP contribution in [-0.2, 0) is 22.5 Å². The first-order valence-corrected chi connectivity index (χ1v) is 12.6. The number of fused-ring (bicyclic) bond motifs is 4. The van der Waals surface area contributed by atoms with Crippen molar-refractivity contribution >= 4 is 27.0 Å². The Kier molecular flexibility index (Phi) is 5.89. The van der Waals surface area contributed by atoms with Crippen molar-refractivity contribution in [3.05, 3.63) is 29.5 Å². The summed E-state index contributed by atoms with van der Waals surface area (Å²) in [6.07, 6.45) is 0.802. The predicted molar refractivity (Wildman–Crippen MR) is 122 cm³/mol. The Hall–Kier alpha value is -2.30. The zero-order valence-corrected chi connectivity index (χ0v) is 19.9. The fraction of sp³-hybridized carbons (Fsp3) is 0.591. The molecule has 1 aromatic carbocycles. The number of rotatable bonds is 6. The number of nitrogens with zero attached hydrogens (tertiary/aromatic N) is 3. The van der Waals surface area contributed by atoms with Gasteiger partial charge in [0.15, 0.2) is 0 Å². The molecule has 1 atom stereocenters. The van der Waals surface area contributed by atoms with Crippen LogP contribution in [0.3, 0.4) is 0 Å². The highest BCUT2D eigenvalue weighted by molar-refractivity contribution is 7.89. The Morgan fingerprint density at radius 1 is 1.28 bits per heavy atom. The van der Waals surface area contributed by atoms with Gasteiger partial charge in [-0.25, -0.2) is 13.2 Å². The third-order valence-electron chi connectivity index (χ3n) is 6.82. The molecule has 1 aromatic heterocycles. The number of aromatic nitrogens is 1. The summed E-state index contributed by atoms with van der Waals surface area (Å²) < 4.78 is 34.0. The number of amides is 2. The molecular weight excluding hydrogens is 432 g/mol. The normalized spacial score (nSPS) is 20.3. The van der Waals surface area contributed by atoms with Gasteiger partial charge in [0, 0.05) is 55.8 Å². The Bertz CT molecular complexity index is 1140. The van der Waals surface area contributed by atoms with Crippen LogP contribution < -0.4 is 10.1 Å². The smallest absolute Gasteiger partial charge is 0.318 e. The van der Waals surface area contributed by atoms with Crippen LogP contribution in [0.2, 0.25) is 0 Å². The molecule has 9 nitrogen and oxygen atoms in total. The van der Waals surface area contributed by atoms with Crippen LogP contribution in [0.5, 0.6) is 5.75 Å². The summed E-state index contributed by atoms with van der Waals surface area (Å²) in [4.78, 5) is 14.7. The first-order valence-electron chi connectivity index (χ1n) is 11.0. The van der Waals surface area contributed by atoms with Gasteiger partial charge in [-0.2, -0.15) is 4.31 Å². The van der Waals surface area contributed by atoms with Gasteiger partial charge in [0.25, 0.3) is 0 Å². The molecule has 0 saturated carbocycles. The number of aliphatic hydroxyl groups excluding tert-OH is 1. The van der Waals surface area contributed by atoms with Crippen molar-refractivity contribution < 1.29 is 23.1 Å². The molecule has 1 fully saturated rings. The fourth-order valence-electron chi connectivity index (χ4n) is 5.17. The first kappa shape index (κ1) is 22.9. The van der Waals surface area contributed by atoms with Gasteiger partial charge in [-0.1, -0.05) is 6.92 Å². The monoisotopic (exact) mass is 464 g/mol. The van der Waals surface area contributed by atoms with Gasteiger partial charge in [0.05, 0.1) is 31.0 Å². The lowest BCUT2D eigenvalue weighted by Crippen LogP contribution is -2.68. The van der Waals surface area contributed by atoms with E-state index in [1.54, 1.807) is 18.9 Å². The van der Waals surface area contributed by atoms with Gasteiger partial charge >= 0.3 is 6.03 Å². The first-order chi connectivity index (χ1) is 15.2. The number of ether oxygens (including phenoxy) is 1. The Balaban J connectivity index is 1.88. The molecule has 32 heavy (non-hydrogen) atoms. The maximum atomic E-state index is 13.1. The number of aryl methyl sites for hydroxylation is 1. The van der Waals surface area contributed by atoms with Crippen molar-refractivity contribution in [1.29, 1.82) is 0 Å². The van der Waals surface area contributed by atoms with Crippen LogP contribution in [0, 0.1) is 0 Å². The molecule has 0 bridgehead atoms. The number of methoxy groups -OCH3 is 1. The lowest BCUT2D eigenvalue weighted by molar-refractivity contribution is 0.0495. The average molecular weight is 465 g/mol. The third-order valence-corrected chi connectivity index (χ3v) is 8.60. The van der Waals surface area contributed by atoms with Gasteiger partial charge in [-0.05, 0) is 31.0 Å². The number of nitrogens with one attached hydrogen (secondary N) is 1. The summed E-state index contributed by atoms with van der Waals surface area (Å²) in [5.74, 6) is 0.759. The number of benzene rings is 1. The Morgan fingerprint density at radius 3 is 2.59 bits per heavy atom. The topological polar surface area (TPSA) is 104 Å². The molecule has 3 heterocycles. The maximum Gasteiger partial charge on any atom is 0.318 e. The molecule has 4 rings (SSSR count). The second-order valence-corrected chi connectivity index (χ2v) is 11.0. The number of carbonyl (C=O) groups is 1. The van der Waals surface area contributed by atoms with E-state index in [0.717, 1.165) is 28.6 Å². The molecule has 2 aliphatic rings. The second kappa shape index (κ2) is 8.24. The van der Waals surface area contributed by atoms with E-state index in [4.69, 9.17) is 4.74 Å². The number of carbonyl (C=O) groups excluding carboxylic acids is 1. The van der Waals surface area contributed by atoms with Gasteiger partial charge in [0.2, 0.25) is 10.0 Å². The van der Waals surface area contributed by atoms with Crippen molar-refractivity contribution in [2.24, 2.45) is 7.05 Å². The van der Waals surface area contributed by atoms with E-state index >= 15 is 0 Å². The minimum atomic E-state index is -3.33. The highest BCUT2D eigenvalue weighted by Crippen LogP contribution is 2.50. The van der Waals surface area contributed by atoms with Crippen LogP contribution in [0.15, 0.2) is 18.2 Å². The molecule has 2 amide bonds. The van der Waals surface area contributed by atoms with Crippen molar-refractivity contribution in [1.82, 2.24) is 19.1 Å². The lowest BCUT2D eigenvalue weighted by Gasteiger charge is -2.55. The van der Waals surface area contributed by atoms with Crippen molar-refractivity contribution in [2.75, 3.05) is 45.6 Å². The number of urea groups is 1. The zero-order valence-electron chi connectivity index (χ0n) is 19.1. The van der Waals surface area contributed by atoms with Crippen molar-refractivity contribution in [3.8, 4) is 5.75 Å². The van der Waals surface area contributed by atoms with Crippen LogP contribution in [-0.4, -0.2) is 79.0 Å². The van der Waals surface area contributed by atoms with Crippen LogP contribution >= 0.6 is 0 Å². The van der Waals surface area contributed by atoms with E-state index in [-0.39, 0.29) is 18.4 Å². The molecule has 0 unspecified atom stereocenters. The third kappa shape index (κ3) is 3.36. The second-order valence-electron chi connectivity index (χ2n) is 8.71. The largest absolute Gasteiger partial charge is 0.497 e. The SMILES string of the molecule is CCCNC(=O)N1CC2(CN(S(=O)(=O)CC)C2)c2c(n(C)c3cc(OC)ccc23)[C@@H]1CO. The summed E-state index contributed by atoms with van der Waals surface area (Å²) in [6, 6.07) is 5.07. The fourth-order valence-corrected chi connectivity index (χ4v) is 6.42. The molecule has 2 N–H and O–H groups in total.